The molecule has 3 aromatic rings. The van der Waals surface area contributed by atoms with Gasteiger partial charge >= 0.3 is 0 Å². The van der Waals surface area contributed by atoms with Crippen LogP contribution in [0.3, 0.4) is 0 Å². The second-order valence-electron chi connectivity index (χ2n) is 5.05. The third-order valence-corrected chi connectivity index (χ3v) is 3.10. The number of furan rings is 1. The fraction of sp³-hybridized carbons (Fsp3) is 0.188. The molecular weight excluding hydrogens is 278 g/mol. The molecular formula is C16H17N5O. The highest BCUT2D eigenvalue weighted by Crippen LogP contribution is 2.19. The van der Waals surface area contributed by atoms with Gasteiger partial charge in [-0.3, -0.25) is 5.32 Å². The van der Waals surface area contributed by atoms with E-state index in [-0.39, 0.29) is 5.96 Å². The van der Waals surface area contributed by atoms with E-state index in [1.165, 1.54) is 0 Å². The van der Waals surface area contributed by atoms with Crippen LogP contribution in [0.4, 0.5) is 5.95 Å². The van der Waals surface area contributed by atoms with Gasteiger partial charge in [0.25, 0.3) is 0 Å². The van der Waals surface area contributed by atoms with Crippen LogP contribution in [0.15, 0.2) is 45.8 Å². The van der Waals surface area contributed by atoms with Crippen LogP contribution in [-0.4, -0.2) is 15.9 Å². The van der Waals surface area contributed by atoms with E-state index in [0.29, 0.717) is 12.5 Å². The molecule has 2 aromatic heterocycles. The normalized spacial score (nSPS) is 11.8. The molecule has 0 fully saturated rings. The number of nitrogens with one attached hydrogen (secondary N) is 1. The number of hydrogen-bond donors (Lipinski definition) is 2. The van der Waals surface area contributed by atoms with Crippen molar-refractivity contribution in [3.63, 3.8) is 0 Å². The summed E-state index contributed by atoms with van der Waals surface area (Å²) in [7, 11) is 0. The zero-order chi connectivity index (χ0) is 15.5. The Bertz CT molecular complexity index is 784. The zero-order valence-corrected chi connectivity index (χ0v) is 12.5. The number of para-hydroxylation sites is 1. The Hall–Kier alpha value is -2.89. The summed E-state index contributed by atoms with van der Waals surface area (Å²) in [5, 5.41) is 3.94. The number of guanidine groups is 1. The van der Waals surface area contributed by atoms with Crippen LogP contribution in [0.2, 0.25) is 0 Å². The predicted octanol–water partition coefficient (Wildman–Crippen LogP) is 2.77. The lowest BCUT2D eigenvalue weighted by Crippen LogP contribution is -2.24. The first-order chi connectivity index (χ1) is 10.6. The molecule has 0 saturated carbocycles. The highest BCUT2D eigenvalue weighted by molar-refractivity contribution is 5.90. The number of nitrogens with two attached hydrogens (primary N) is 1. The van der Waals surface area contributed by atoms with E-state index in [1.807, 2.05) is 50.2 Å². The van der Waals surface area contributed by atoms with Crippen molar-refractivity contribution < 1.29 is 4.42 Å². The van der Waals surface area contributed by atoms with Gasteiger partial charge in [-0.25, -0.2) is 15.0 Å². The molecule has 0 aliphatic carbocycles. The molecule has 22 heavy (non-hydrogen) atoms. The molecule has 0 spiro atoms. The van der Waals surface area contributed by atoms with Gasteiger partial charge in [0.15, 0.2) is 5.96 Å². The predicted molar refractivity (Wildman–Crippen MR) is 86.7 cm³/mol. The maximum atomic E-state index is 5.87. The number of benzene rings is 1. The van der Waals surface area contributed by atoms with E-state index in [2.05, 4.69) is 20.3 Å². The zero-order valence-electron chi connectivity index (χ0n) is 12.5. The molecule has 0 amide bonds. The number of fused-ring (bicyclic) bond motifs is 1. The Morgan fingerprint density at radius 3 is 2.64 bits per heavy atom. The molecule has 0 bridgehead atoms. The molecule has 6 heteroatoms. The van der Waals surface area contributed by atoms with Crippen molar-refractivity contribution >= 4 is 22.9 Å². The molecule has 3 N–H and O–H groups in total. The van der Waals surface area contributed by atoms with E-state index in [1.54, 1.807) is 0 Å². The lowest BCUT2D eigenvalue weighted by atomic mass is 10.2. The first-order valence-electron chi connectivity index (χ1n) is 6.97. The van der Waals surface area contributed by atoms with Crippen LogP contribution in [0.25, 0.3) is 11.0 Å². The molecule has 6 nitrogen and oxygen atoms in total. The van der Waals surface area contributed by atoms with E-state index in [0.717, 1.165) is 28.1 Å². The third-order valence-electron chi connectivity index (χ3n) is 3.10. The topological polar surface area (TPSA) is 89.3 Å². The number of hydrogen-bond acceptors (Lipinski definition) is 4. The highest BCUT2D eigenvalue weighted by Gasteiger charge is 2.04. The number of aliphatic imine (C=N–C) groups is 1. The average Bonchev–Trinajstić information content (AvgIpc) is 2.87. The molecule has 0 atom stereocenters. The summed E-state index contributed by atoms with van der Waals surface area (Å²) in [6.07, 6.45) is 0. The SMILES string of the molecule is Cc1cc(C)nc(NC(N)=NCc2cc3ccccc3o2)n1. The molecule has 3 rings (SSSR count). The lowest BCUT2D eigenvalue weighted by Gasteiger charge is -2.05. The van der Waals surface area contributed by atoms with E-state index in [9.17, 15) is 0 Å². The largest absolute Gasteiger partial charge is 0.459 e. The van der Waals surface area contributed by atoms with Gasteiger partial charge in [-0.2, -0.15) is 0 Å². The van der Waals surface area contributed by atoms with Crippen LogP contribution in [0.5, 0.6) is 0 Å². The Labute approximate surface area is 128 Å². The molecule has 1 aromatic carbocycles. The van der Waals surface area contributed by atoms with Gasteiger partial charge in [0.1, 0.15) is 17.9 Å². The minimum atomic E-state index is 0.255. The molecule has 0 aliphatic rings. The van der Waals surface area contributed by atoms with E-state index in [4.69, 9.17) is 10.2 Å². The molecule has 0 unspecified atom stereocenters. The van der Waals surface area contributed by atoms with Gasteiger partial charge in [-0.15, -0.1) is 0 Å². The minimum Gasteiger partial charge on any atom is -0.459 e. The summed E-state index contributed by atoms with van der Waals surface area (Å²) in [4.78, 5) is 12.8. The Morgan fingerprint density at radius 2 is 1.91 bits per heavy atom. The van der Waals surface area contributed by atoms with Crippen LogP contribution in [0, 0.1) is 13.8 Å². The average molecular weight is 295 g/mol. The van der Waals surface area contributed by atoms with Crippen molar-refractivity contribution in [2.45, 2.75) is 20.4 Å². The van der Waals surface area contributed by atoms with Crippen LogP contribution in [0.1, 0.15) is 17.1 Å². The van der Waals surface area contributed by atoms with Gasteiger partial charge in [0.05, 0.1) is 0 Å². The van der Waals surface area contributed by atoms with E-state index < -0.39 is 0 Å². The van der Waals surface area contributed by atoms with Gasteiger partial charge in [0, 0.05) is 16.8 Å². The Balaban J connectivity index is 1.71. The highest BCUT2D eigenvalue weighted by atomic mass is 16.3. The number of rotatable bonds is 3. The first-order valence-corrected chi connectivity index (χ1v) is 6.97. The number of aryl methyl sites for hydroxylation is 2. The van der Waals surface area contributed by atoms with Gasteiger partial charge < -0.3 is 10.2 Å². The second-order valence-corrected chi connectivity index (χ2v) is 5.05. The van der Waals surface area contributed by atoms with Gasteiger partial charge in [-0.05, 0) is 32.0 Å². The Morgan fingerprint density at radius 1 is 1.18 bits per heavy atom. The lowest BCUT2D eigenvalue weighted by molar-refractivity contribution is 0.553. The van der Waals surface area contributed by atoms with Crippen molar-refractivity contribution in [3.05, 3.63) is 53.5 Å². The van der Waals surface area contributed by atoms with Crippen molar-refractivity contribution in [3.8, 4) is 0 Å². The van der Waals surface area contributed by atoms with Crippen LogP contribution in [-0.2, 0) is 6.54 Å². The summed E-state index contributed by atoms with van der Waals surface area (Å²) in [5.41, 5.74) is 8.46. The van der Waals surface area contributed by atoms with Crippen LogP contribution >= 0.6 is 0 Å². The van der Waals surface area contributed by atoms with E-state index >= 15 is 0 Å². The minimum absolute atomic E-state index is 0.255. The maximum absolute atomic E-state index is 5.87. The molecule has 0 aliphatic heterocycles. The summed E-state index contributed by atoms with van der Waals surface area (Å²) >= 11 is 0. The molecule has 0 radical (unpaired) electrons. The summed E-state index contributed by atoms with van der Waals surface area (Å²) in [5.74, 6) is 1.46. The Kier molecular flexibility index (Phi) is 3.74. The quantitative estimate of drug-likeness (QED) is 0.573. The number of aromatic nitrogens is 2. The van der Waals surface area contributed by atoms with Crippen molar-refractivity contribution in [1.82, 2.24) is 9.97 Å². The van der Waals surface area contributed by atoms with Crippen molar-refractivity contribution in [1.29, 1.82) is 0 Å². The smallest absolute Gasteiger partial charge is 0.229 e. The first kappa shape index (κ1) is 14.1. The third kappa shape index (κ3) is 3.22. The monoisotopic (exact) mass is 295 g/mol. The van der Waals surface area contributed by atoms with Crippen LogP contribution < -0.4 is 11.1 Å². The fourth-order valence-corrected chi connectivity index (χ4v) is 2.21. The number of nitrogens with zero attached hydrogens (tertiary/aromatic N) is 3. The van der Waals surface area contributed by atoms with Crippen molar-refractivity contribution in [2.24, 2.45) is 10.7 Å². The molecule has 0 saturated heterocycles. The summed E-state index contributed by atoms with van der Waals surface area (Å²) < 4.78 is 5.69. The standard InChI is InChI=1S/C16H17N5O/c1-10-7-11(2)20-16(19-10)21-15(17)18-9-13-8-12-5-3-4-6-14(12)22-13/h3-8H,9H2,1-2H3,(H3,17,18,19,20,21). The second kappa shape index (κ2) is 5.85. The maximum Gasteiger partial charge on any atom is 0.229 e. The fourth-order valence-electron chi connectivity index (χ4n) is 2.21. The number of anilines is 1. The van der Waals surface area contributed by atoms with Gasteiger partial charge in [0.2, 0.25) is 5.95 Å². The van der Waals surface area contributed by atoms with Gasteiger partial charge in [-0.1, -0.05) is 18.2 Å². The summed E-state index contributed by atoms with van der Waals surface area (Å²) in [6.45, 7) is 4.17. The van der Waals surface area contributed by atoms with Crippen molar-refractivity contribution in [2.75, 3.05) is 5.32 Å². The summed E-state index contributed by atoms with van der Waals surface area (Å²) in [6, 6.07) is 11.7. The molecule has 2 heterocycles. The molecule has 112 valence electrons.